The van der Waals surface area contributed by atoms with Gasteiger partial charge in [0.2, 0.25) is 0 Å². The average molecular weight is 447 g/mol. The summed E-state index contributed by atoms with van der Waals surface area (Å²) in [6.45, 7) is 2.14. The lowest BCUT2D eigenvalue weighted by Gasteiger charge is -2.13. The van der Waals surface area contributed by atoms with Gasteiger partial charge in [0.25, 0.3) is 0 Å². The van der Waals surface area contributed by atoms with Crippen LogP contribution in [-0.4, -0.2) is 21.2 Å². The summed E-state index contributed by atoms with van der Waals surface area (Å²) in [5, 5.41) is 0.980. The van der Waals surface area contributed by atoms with Gasteiger partial charge in [0.15, 0.2) is 17.5 Å². The number of nitrogens with zero attached hydrogens (tertiary/aromatic N) is 3. The SMILES string of the molecule is COc1cc(-c2cccc3c2ccn3Cc2cc(F)c(F)c(F)c2)ccc1-n1cnc(C)c1. The minimum atomic E-state index is -1.46. The minimum absolute atomic E-state index is 0.212. The van der Waals surface area contributed by atoms with Crippen molar-refractivity contribution in [1.29, 1.82) is 0 Å². The second-order valence-electron chi connectivity index (χ2n) is 7.86. The molecule has 2 heterocycles. The molecule has 0 amide bonds. The molecule has 3 aromatic carbocycles. The van der Waals surface area contributed by atoms with Crippen molar-refractivity contribution in [3.8, 4) is 22.6 Å². The van der Waals surface area contributed by atoms with Crippen molar-refractivity contribution in [2.24, 2.45) is 0 Å². The van der Waals surface area contributed by atoms with Gasteiger partial charge in [-0.25, -0.2) is 18.2 Å². The first-order chi connectivity index (χ1) is 15.9. The maximum absolute atomic E-state index is 13.7. The molecule has 0 bridgehead atoms. The second kappa shape index (κ2) is 8.16. The molecule has 5 rings (SSSR count). The van der Waals surface area contributed by atoms with Gasteiger partial charge in [-0.2, -0.15) is 0 Å². The van der Waals surface area contributed by atoms with E-state index in [1.165, 1.54) is 0 Å². The summed E-state index contributed by atoms with van der Waals surface area (Å²) in [7, 11) is 1.63. The average Bonchev–Trinajstić information content (AvgIpc) is 3.43. The quantitative estimate of drug-likeness (QED) is 0.297. The van der Waals surface area contributed by atoms with E-state index < -0.39 is 17.5 Å². The predicted molar refractivity (Wildman–Crippen MR) is 121 cm³/mol. The fourth-order valence-electron chi connectivity index (χ4n) is 4.12. The van der Waals surface area contributed by atoms with Crippen LogP contribution in [0.15, 0.2) is 73.3 Å². The van der Waals surface area contributed by atoms with Crippen LogP contribution in [0.1, 0.15) is 11.3 Å². The number of halogens is 3. The van der Waals surface area contributed by atoms with Crippen molar-refractivity contribution < 1.29 is 17.9 Å². The molecular formula is C26H20F3N3O. The summed E-state index contributed by atoms with van der Waals surface area (Å²) in [6, 6.07) is 15.9. The van der Waals surface area contributed by atoms with Gasteiger partial charge in [0.1, 0.15) is 5.75 Å². The molecule has 4 nitrogen and oxygen atoms in total. The summed E-state index contributed by atoms with van der Waals surface area (Å²) in [5.41, 5.74) is 4.99. The molecule has 0 radical (unpaired) electrons. The van der Waals surface area contributed by atoms with E-state index in [1.807, 2.05) is 70.9 Å². The molecule has 166 valence electrons. The van der Waals surface area contributed by atoms with E-state index in [9.17, 15) is 13.2 Å². The number of methoxy groups -OCH3 is 1. The number of hydrogen-bond donors (Lipinski definition) is 0. The second-order valence-corrected chi connectivity index (χ2v) is 7.86. The standard InChI is InChI=1S/C26H20F3N3O/c1-16-13-32(15-30-16)24-7-6-18(12-25(24)33-2)19-4-3-5-23-20(19)8-9-31(23)14-17-10-21(27)26(29)22(28)11-17/h3-13,15H,14H2,1-2H3. The van der Waals surface area contributed by atoms with Gasteiger partial charge in [-0.15, -0.1) is 0 Å². The largest absolute Gasteiger partial charge is 0.495 e. The van der Waals surface area contributed by atoms with E-state index in [0.29, 0.717) is 11.3 Å². The molecule has 0 fully saturated rings. The number of imidazole rings is 1. The lowest BCUT2D eigenvalue weighted by atomic mass is 10.0. The number of fused-ring (bicyclic) bond motifs is 1. The number of ether oxygens (including phenoxy) is 1. The Kier molecular flexibility index (Phi) is 5.17. The van der Waals surface area contributed by atoms with E-state index in [0.717, 1.165) is 45.5 Å². The van der Waals surface area contributed by atoms with Crippen molar-refractivity contribution in [3.05, 3.63) is 102 Å². The monoisotopic (exact) mass is 447 g/mol. The normalized spacial score (nSPS) is 11.3. The summed E-state index contributed by atoms with van der Waals surface area (Å²) in [4.78, 5) is 4.28. The van der Waals surface area contributed by atoms with Gasteiger partial charge in [0.05, 0.1) is 24.8 Å². The van der Waals surface area contributed by atoms with E-state index in [2.05, 4.69) is 4.98 Å². The highest BCUT2D eigenvalue weighted by atomic mass is 19.2. The van der Waals surface area contributed by atoms with Crippen LogP contribution in [0.3, 0.4) is 0 Å². The van der Waals surface area contributed by atoms with Crippen LogP contribution in [0.5, 0.6) is 5.75 Å². The first kappa shape index (κ1) is 20.9. The topological polar surface area (TPSA) is 32.0 Å². The van der Waals surface area contributed by atoms with Crippen LogP contribution >= 0.6 is 0 Å². The Hall–Kier alpha value is -4.00. The maximum Gasteiger partial charge on any atom is 0.194 e. The van der Waals surface area contributed by atoms with E-state index in [1.54, 1.807) is 13.4 Å². The third kappa shape index (κ3) is 3.75. The molecule has 0 N–H and O–H groups in total. The highest BCUT2D eigenvalue weighted by molar-refractivity contribution is 5.96. The highest BCUT2D eigenvalue weighted by Gasteiger charge is 2.14. The first-order valence-corrected chi connectivity index (χ1v) is 10.4. The minimum Gasteiger partial charge on any atom is -0.495 e. The van der Waals surface area contributed by atoms with Crippen LogP contribution in [0.2, 0.25) is 0 Å². The molecule has 0 saturated carbocycles. The fraction of sp³-hybridized carbons (Fsp3) is 0.115. The van der Waals surface area contributed by atoms with E-state index >= 15 is 0 Å². The smallest absolute Gasteiger partial charge is 0.194 e. The third-order valence-electron chi connectivity index (χ3n) is 5.69. The number of aryl methyl sites for hydroxylation is 1. The van der Waals surface area contributed by atoms with Gasteiger partial charge < -0.3 is 13.9 Å². The molecule has 5 aromatic rings. The number of hydrogen-bond acceptors (Lipinski definition) is 2. The Labute approximate surface area is 188 Å². The zero-order valence-corrected chi connectivity index (χ0v) is 18.0. The first-order valence-electron chi connectivity index (χ1n) is 10.4. The zero-order valence-electron chi connectivity index (χ0n) is 18.0. The van der Waals surface area contributed by atoms with Crippen LogP contribution in [0.25, 0.3) is 27.7 Å². The van der Waals surface area contributed by atoms with Crippen LogP contribution in [0, 0.1) is 24.4 Å². The molecule has 2 aromatic heterocycles. The fourth-order valence-corrected chi connectivity index (χ4v) is 4.12. The summed E-state index contributed by atoms with van der Waals surface area (Å²) < 4.78 is 50.1. The molecule has 0 aliphatic rings. The van der Waals surface area contributed by atoms with Crippen molar-refractivity contribution in [2.45, 2.75) is 13.5 Å². The predicted octanol–water partition coefficient (Wildman–Crippen LogP) is 6.28. The van der Waals surface area contributed by atoms with Crippen molar-refractivity contribution >= 4 is 10.9 Å². The molecule has 0 unspecified atom stereocenters. The van der Waals surface area contributed by atoms with Gasteiger partial charge in [-0.1, -0.05) is 18.2 Å². The van der Waals surface area contributed by atoms with Gasteiger partial charge in [0, 0.05) is 29.8 Å². The highest BCUT2D eigenvalue weighted by Crippen LogP contribution is 2.34. The third-order valence-corrected chi connectivity index (χ3v) is 5.69. The maximum atomic E-state index is 13.7. The summed E-state index contributed by atoms with van der Waals surface area (Å²) in [5.74, 6) is -3.13. The number of rotatable bonds is 5. The molecule has 0 atom stereocenters. The molecule has 33 heavy (non-hydrogen) atoms. The summed E-state index contributed by atoms with van der Waals surface area (Å²) in [6.07, 6.45) is 5.53. The Bertz CT molecular complexity index is 1460. The van der Waals surface area contributed by atoms with E-state index in [4.69, 9.17) is 4.74 Å². The van der Waals surface area contributed by atoms with Gasteiger partial charge in [-0.05, 0) is 60.0 Å². The lowest BCUT2D eigenvalue weighted by molar-refractivity contribution is 0.413. The Balaban J connectivity index is 1.54. The lowest BCUT2D eigenvalue weighted by Crippen LogP contribution is -2.01. The molecule has 7 heteroatoms. The Morgan fingerprint density at radius 3 is 2.45 bits per heavy atom. The number of benzene rings is 3. The van der Waals surface area contributed by atoms with E-state index in [-0.39, 0.29) is 6.54 Å². The Morgan fingerprint density at radius 2 is 1.76 bits per heavy atom. The van der Waals surface area contributed by atoms with Crippen molar-refractivity contribution in [1.82, 2.24) is 14.1 Å². The molecule has 0 spiro atoms. The van der Waals surface area contributed by atoms with Crippen molar-refractivity contribution in [3.63, 3.8) is 0 Å². The molecule has 0 saturated heterocycles. The Morgan fingerprint density at radius 1 is 0.970 bits per heavy atom. The molecule has 0 aliphatic carbocycles. The molecular weight excluding hydrogens is 427 g/mol. The number of aromatic nitrogens is 3. The molecule has 0 aliphatic heterocycles. The van der Waals surface area contributed by atoms with Crippen LogP contribution in [-0.2, 0) is 6.54 Å². The van der Waals surface area contributed by atoms with Gasteiger partial charge >= 0.3 is 0 Å². The van der Waals surface area contributed by atoms with Crippen LogP contribution in [0.4, 0.5) is 13.2 Å². The zero-order chi connectivity index (χ0) is 23.1. The van der Waals surface area contributed by atoms with Crippen molar-refractivity contribution in [2.75, 3.05) is 7.11 Å². The van der Waals surface area contributed by atoms with Crippen LogP contribution < -0.4 is 4.74 Å². The van der Waals surface area contributed by atoms with Gasteiger partial charge in [-0.3, -0.25) is 0 Å². The summed E-state index contributed by atoms with van der Waals surface area (Å²) >= 11 is 0.